The molecular formula is C33H25N3O5. The standard InChI is InChI=1S/C33H25N3O5/c1-19(8-7-15-34)21-11-5-13-23(16-21)25-18-26(24-14-6-12-22(17-24)20-9-3-2-4-10-20)36-33(35-25)27-28(37)30(39)32(41)31(40)29(27)38/h2-18,34,37-41H,1H2/b8-7-,34-15?. The molecule has 5 aromatic rings. The van der Waals surface area contributed by atoms with Gasteiger partial charge in [-0.3, -0.25) is 0 Å². The van der Waals surface area contributed by atoms with E-state index in [9.17, 15) is 25.5 Å². The summed E-state index contributed by atoms with van der Waals surface area (Å²) in [6.45, 7) is 4.05. The first-order chi connectivity index (χ1) is 19.8. The fourth-order valence-electron chi connectivity index (χ4n) is 4.38. The molecule has 0 atom stereocenters. The van der Waals surface area contributed by atoms with E-state index in [-0.39, 0.29) is 5.82 Å². The molecule has 1 aromatic heterocycles. The normalized spacial score (nSPS) is 11.0. The molecule has 0 fully saturated rings. The van der Waals surface area contributed by atoms with E-state index in [0.717, 1.165) is 22.9 Å². The molecule has 0 aliphatic heterocycles. The number of nitrogens with zero attached hydrogens (tertiary/aromatic N) is 2. The largest absolute Gasteiger partial charge is 0.504 e. The summed E-state index contributed by atoms with van der Waals surface area (Å²) in [6.07, 6.45) is 4.42. The smallest absolute Gasteiger partial charge is 0.208 e. The summed E-state index contributed by atoms with van der Waals surface area (Å²) in [6, 6.07) is 26.5. The third-order valence-electron chi connectivity index (χ3n) is 6.51. The van der Waals surface area contributed by atoms with Crippen LogP contribution in [-0.4, -0.2) is 41.7 Å². The minimum atomic E-state index is -1.07. The number of allylic oxidation sites excluding steroid dienone is 3. The number of phenolic OH excluding ortho intramolecular Hbond substituents is 5. The molecule has 8 nitrogen and oxygen atoms in total. The van der Waals surface area contributed by atoms with Crippen molar-refractivity contribution in [2.24, 2.45) is 0 Å². The molecule has 0 radical (unpaired) electrons. The Morgan fingerprint density at radius 1 is 0.610 bits per heavy atom. The first-order valence-corrected chi connectivity index (χ1v) is 12.5. The van der Waals surface area contributed by atoms with Crippen LogP contribution in [0, 0.1) is 5.41 Å². The Hall–Kier alpha value is -5.89. The third kappa shape index (κ3) is 5.22. The van der Waals surface area contributed by atoms with Crippen LogP contribution >= 0.6 is 0 Å². The predicted molar refractivity (Wildman–Crippen MR) is 159 cm³/mol. The van der Waals surface area contributed by atoms with E-state index in [1.165, 1.54) is 0 Å². The van der Waals surface area contributed by atoms with Crippen molar-refractivity contribution in [1.82, 2.24) is 9.97 Å². The summed E-state index contributed by atoms with van der Waals surface area (Å²) in [5.74, 6) is -5.09. The van der Waals surface area contributed by atoms with E-state index in [4.69, 9.17) is 5.41 Å². The van der Waals surface area contributed by atoms with Gasteiger partial charge in [0.2, 0.25) is 17.2 Å². The number of nitrogens with one attached hydrogen (secondary N) is 1. The molecule has 0 saturated carbocycles. The Morgan fingerprint density at radius 3 is 1.78 bits per heavy atom. The average molecular weight is 544 g/mol. The Kier molecular flexibility index (Phi) is 7.21. The highest BCUT2D eigenvalue weighted by Gasteiger charge is 2.27. The Balaban J connectivity index is 1.74. The molecule has 0 aliphatic rings. The molecular weight excluding hydrogens is 518 g/mol. The minimum absolute atomic E-state index is 0.198. The van der Waals surface area contributed by atoms with E-state index in [1.54, 1.807) is 18.2 Å². The molecule has 1 heterocycles. The highest BCUT2D eigenvalue weighted by Crippen LogP contribution is 2.54. The monoisotopic (exact) mass is 543 g/mol. The zero-order valence-electron chi connectivity index (χ0n) is 21.7. The van der Waals surface area contributed by atoms with Gasteiger partial charge in [0.1, 0.15) is 5.56 Å². The van der Waals surface area contributed by atoms with Gasteiger partial charge in [-0.2, -0.15) is 0 Å². The summed E-state index contributed by atoms with van der Waals surface area (Å²) in [7, 11) is 0. The SMILES string of the molecule is C=C(/C=C\C=N)c1cccc(-c2cc(-c3cccc(-c4ccccc4)c3)nc(-c3c(O)c(O)c(O)c(O)c3O)n2)c1. The van der Waals surface area contributed by atoms with Crippen molar-refractivity contribution in [1.29, 1.82) is 5.41 Å². The molecule has 8 heteroatoms. The summed E-state index contributed by atoms with van der Waals surface area (Å²) in [5, 5.41) is 58.8. The maximum atomic E-state index is 10.7. The van der Waals surface area contributed by atoms with Crippen LogP contribution in [0.25, 0.3) is 50.6 Å². The van der Waals surface area contributed by atoms with Gasteiger partial charge in [-0.15, -0.1) is 0 Å². The third-order valence-corrected chi connectivity index (χ3v) is 6.51. The van der Waals surface area contributed by atoms with Crippen molar-refractivity contribution in [3.05, 3.63) is 109 Å². The number of hydrogen-bond acceptors (Lipinski definition) is 8. The quantitative estimate of drug-likeness (QED) is 0.0566. The number of aromatic nitrogens is 2. The number of aromatic hydroxyl groups is 5. The lowest BCUT2D eigenvalue weighted by Crippen LogP contribution is -1.97. The van der Waals surface area contributed by atoms with Crippen molar-refractivity contribution >= 4 is 11.8 Å². The van der Waals surface area contributed by atoms with Crippen molar-refractivity contribution in [3.63, 3.8) is 0 Å². The molecule has 41 heavy (non-hydrogen) atoms. The van der Waals surface area contributed by atoms with E-state index in [1.807, 2.05) is 78.9 Å². The van der Waals surface area contributed by atoms with Crippen LogP contribution < -0.4 is 0 Å². The van der Waals surface area contributed by atoms with Crippen LogP contribution in [0.5, 0.6) is 28.7 Å². The second kappa shape index (κ2) is 11.1. The van der Waals surface area contributed by atoms with Gasteiger partial charge in [-0.25, -0.2) is 9.97 Å². The van der Waals surface area contributed by atoms with E-state index >= 15 is 0 Å². The lowest BCUT2D eigenvalue weighted by atomic mass is 9.99. The van der Waals surface area contributed by atoms with Crippen LogP contribution in [0.4, 0.5) is 0 Å². The summed E-state index contributed by atoms with van der Waals surface area (Å²) in [4.78, 5) is 9.13. The van der Waals surface area contributed by atoms with E-state index in [2.05, 4.69) is 16.5 Å². The van der Waals surface area contributed by atoms with E-state index < -0.39 is 34.3 Å². The second-order valence-corrected chi connectivity index (χ2v) is 9.16. The number of phenols is 5. The molecule has 0 bridgehead atoms. The van der Waals surface area contributed by atoms with E-state index in [0.29, 0.717) is 28.1 Å². The highest BCUT2D eigenvalue weighted by atomic mass is 16.4. The Bertz CT molecular complexity index is 1800. The van der Waals surface area contributed by atoms with Gasteiger partial charge in [0.15, 0.2) is 17.3 Å². The lowest BCUT2D eigenvalue weighted by molar-refractivity contribution is 0.329. The summed E-state index contributed by atoms with van der Waals surface area (Å²) >= 11 is 0. The van der Waals surface area contributed by atoms with Gasteiger partial charge < -0.3 is 30.9 Å². The van der Waals surface area contributed by atoms with Crippen LogP contribution in [0.2, 0.25) is 0 Å². The van der Waals surface area contributed by atoms with Gasteiger partial charge in [0.05, 0.1) is 11.4 Å². The van der Waals surface area contributed by atoms with Gasteiger partial charge in [0, 0.05) is 17.3 Å². The average Bonchev–Trinajstić information content (AvgIpc) is 3.02. The zero-order valence-corrected chi connectivity index (χ0v) is 21.7. The van der Waals surface area contributed by atoms with Crippen LogP contribution in [0.3, 0.4) is 0 Å². The summed E-state index contributed by atoms with van der Waals surface area (Å²) in [5.41, 5.74) is 5.13. The zero-order chi connectivity index (χ0) is 29.1. The Morgan fingerprint density at radius 2 is 1.15 bits per heavy atom. The minimum Gasteiger partial charge on any atom is -0.504 e. The first kappa shape index (κ1) is 26.7. The predicted octanol–water partition coefficient (Wildman–Crippen LogP) is 6.89. The van der Waals surface area contributed by atoms with Crippen LogP contribution in [0.1, 0.15) is 5.56 Å². The van der Waals surface area contributed by atoms with Gasteiger partial charge in [-0.05, 0) is 46.5 Å². The van der Waals surface area contributed by atoms with Gasteiger partial charge in [0.25, 0.3) is 0 Å². The van der Waals surface area contributed by atoms with Gasteiger partial charge in [-0.1, -0.05) is 79.4 Å². The van der Waals surface area contributed by atoms with Crippen LogP contribution in [0.15, 0.2) is 104 Å². The molecule has 6 N–H and O–H groups in total. The molecule has 5 rings (SSSR count). The maximum Gasteiger partial charge on any atom is 0.208 e. The topological polar surface area (TPSA) is 151 Å². The first-order valence-electron chi connectivity index (χ1n) is 12.5. The molecule has 0 unspecified atom stereocenters. The van der Waals surface area contributed by atoms with Crippen molar-refractivity contribution in [2.75, 3.05) is 0 Å². The fourth-order valence-corrected chi connectivity index (χ4v) is 4.38. The lowest BCUT2D eigenvalue weighted by Gasteiger charge is -2.14. The molecule has 4 aromatic carbocycles. The van der Waals surface area contributed by atoms with Crippen molar-refractivity contribution in [2.45, 2.75) is 0 Å². The van der Waals surface area contributed by atoms with Crippen molar-refractivity contribution < 1.29 is 25.5 Å². The fraction of sp³-hybridized carbons (Fsp3) is 0. The molecule has 0 saturated heterocycles. The van der Waals surface area contributed by atoms with Gasteiger partial charge >= 0.3 is 0 Å². The van der Waals surface area contributed by atoms with Crippen LogP contribution in [-0.2, 0) is 0 Å². The molecule has 202 valence electrons. The maximum absolute atomic E-state index is 10.7. The number of hydrogen-bond donors (Lipinski definition) is 6. The number of benzene rings is 4. The Labute approximate surface area is 235 Å². The summed E-state index contributed by atoms with van der Waals surface area (Å²) < 4.78 is 0. The molecule has 0 aliphatic carbocycles. The molecule has 0 spiro atoms. The second-order valence-electron chi connectivity index (χ2n) is 9.16. The van der Waals surface area contributed by atoms with Crippen molar-refractivity contribution in [3.8, 4) is 73.8 Å². The number of rotatable bonds is 7. The molecule has 0 amide bonds. The highest BCUT2D eigenvalue weighted by molar-refractivity contribution is 5.85.